The molecule has 6 nitrogen and oxygen atoms in total. The summed E-state index contributed by atoms with van der Waals surface area (Å²) >= 11 is 6.60. The fourth-order valence-corrected chi connectivity index (χ4v) is 4.72. The van der Waals surface area contributed by atoms with Gasteiger partial charge in [-0.3, -0.25) is 4.79 Å². The van der Waals surface area contributed by atoms with E-state index in [0.29, 0.717) is 4.34 Å². The number of sulfonamides is 1. The monoisotopic (exact) mass is 327 g/mol. The van der Waals surface area contributed by atoms with Crippen molar-refractivity contribution in [2.24, 2.45) is 0 Å². The van der Waals surface area contributed by atoms with Gasteiger partial charge in [-0.15, -0.1) is 11.3 Å². The molecule has 0 radical (unpaired) electrons. The molecule has 0 aliphatic heterocycles. The van der Waals surface area contributed by atoms with Gasteiger partial charge in [0.1, 0.15) is 10.3 Å². The third-order valence-corrected chi connectivity index (χ3v) is 6.10. The van der Waals surface area contributed by atoms with Crippen LogP contribution in [0.1, 0.15) is 6.92 Å². The molecule has 0 aliphatic rings. The number of nitrogens with zero attached hydrogens (tertiary/aromatic N) is 1. The molecule has 0 bridgehead atoms. The highest BCUT2D eigenvalue weighted by atomic mass is 35.5. The molecule has 1 aromatic heterocycles. The summed E-state index contributed by atoms with van der Waals surface area (Å²) in [6.07, 6.45) is 0. The largest absolute Gasteiger partial charge is 0.468 e. The zero-order valence-electron chi connectivity index (χ0n) is 10.4. The first-order valence-corrected chi connectivity index (χ1v) is 7.97. The van der Waals surface area contributed by atoms with Gasteiger partial charge in [-0.25, -0.2) is 8.42 Å². The summed E-state index contributed by atoms with van der Waals surface area (Å²) in [4.78, 5) is 11.5. The second kappa shape index (κ2) is 6.67. The smallest absolute Gasteiger partial charge is 0.326 e. The average Bonchev–Trinajstić information content (AvgIpc) is 2.81. The van der Waals surface area contributed by atoms with Crippen LogP contribution in [0, 0.1) is 0 Å². The van der Waals surface area contributed by atoms with Gasteiger partial charge in [0.05, 0.1) is 18.1 Å². The molecule has 108 valence electrons. The van der Waals surface area contributed by atoms with Crippen molar-refractivity contribution < 1.29 is 23.1 Å². The van der Waals surface area contributed by atoms with E-state index in [1.54, 1.807) is 6.92 Å². The Morgan fingerprint density at radius 1 is 1.58 bits per heavy atom. The van der Waals surface area contributed by atoms with Crippen LogP contribution in [-0.4, -0.2) is 50.1 Å². The van der Waals surface area contributed by atoms with Gasteiger partial charge in [0.15, 0.2) is 0 Å². The van der Waals surface area contributed by atoms with Crippen LogP contribution in [0.5, 0.6) is 0 Å². The molecule has 0 saturated carbocycles. The van der Waals surface area contributed by atoms with Gasteiger partial charge in [-0.2, -0.15) is 4.31 Å². The molecule has 19 heavy (non-hydrogen) atoms. The number of aliphatic hydroxyl groups excluding tert-OH is 1. The molecule has 1 heterocycles. The zero-order chi connectivity index (χ0) is 14.6. The Labute approximate surface area is 120 Å². The third kappa shape index (κ3) is 3.46. The van der Waals surface area contributed by atoms with Crippen molar-refractivity contribution in [1.82, 2.24) is 4.31 Å². The lowest BCUT2D eigenvalue weighted by molar-refractivity contribution is -0.146. The average molecular weight is 328 g/mol. The molecule has 0 fully saturated rings. The molecule has 1 aromatic rings. The Bertz CT molecular complexity index is 542. The number of aliphatic hydroxyl groups is 1. The van der Waals surface area contributed by atoms with Crippen molar-refractivity contribution in [2.75, 3.05) is 20.3 Å². The minimum absolute atomic E-state index is 0.0155. The highest BCUT2D eigenvalue weighted by molar-refractivity contribution is 7.91. The SMILES string of the molecule is CCN([C@@H](CO)C(=O)OC)S(=O)(=O)c1ccc(Cl)s1. The van der Waals surface area contributed by atoms with Crippen LogP contribution in [0.15, 0.2) is 16.3 Å². The molecule has 0 aromatic carbocycles. The van der Waals surface area contributed by atoms with Gasteiger partial charge in [-0.05, 0) is 12.1 Å². The van der Waals surface area contributed by atoms with Gasteiger partial charge in [-0.1, -0.05) is 18.5 Å². The summed E-state index contributed by atoms with van der Waals surface area (Å²) in [6, 6.07) is 1.55. The van der Waals surface area contributed by atoms with Crippen molar-refractivity contribution in [3.05, 3.63) is 16.5 Å². The first-order valence-electron chi connectivity index (χ1n) is 5.34. The lowest BCUT2D eigenvalue weighted by Gasteiger charge is -2.25. The number of hydrogen-bond donors (Lipinski definition) is 1. The highest BCUT2D eigenvalue weighted by Gasteiger charge is 2.35. The number of methoxy groups -OCH3 is 1. The van der Waals surface area contributed by atoms with Crippen molar-refractivity contribution in [3.8, 4) is 0 Å². The van der Waals surface area contributed by atoms with Crippen LogP contribution in [-0.2, 0) is 19.6 Å². The van der Waals surface area contributed by atoms with E-state index in [9.17, 15) is 18.3 Å². The number of rotatable bonds is 6. The van der Waals surface area contributed by atoms with E-state index in [0.717, 1.165) is 22.8 Å². The Morgan fingerprint density at radius 3 is 2.58 bits per heavy atom. The predicted octanol–water partition coefficient (Wildman–Crippen LogP) is 0.946. The number of esters is 1. The second-order valence-electron chi connectivity index (χ2n) is 3.49. The molecule has 1 rings (SSSR count). The lowest BCUT2D eigenvalue weighted by atomic mass is 10.3. The first-order chi connectivity index (χ1) is 8.88. The quantitative estimate of drug-likeness (QED) is 0.786. The van der Waals surface area contributed by atoms with Crippen LogP contribution < -0.4 is 0 Å². The Kier molecular flexibility index (Phi) is 5.75. The number of halogens is 1. The minimum Gasteiger partial charge on any atom is -0.468 e. The van der Waals surface area contributed by atoms with Gasteiger partial charge in [0.25, 0.3) is 10.0 Å². The lowest BCUT2D eigenvalue weighted by Crippen LogP contribution is -2.47. The summed E-state index contributed by atoms with van der Waals surface area (Å²) in [5.74, 6) is -0.810. The molecule has 0 unspecified atom stereocenters. The van der Waals surface area contributed by atoms with E-state index in [1.807, 2.05) is 0 Å². The maximum absolute atomic E-state index is 12.4. The number of hydrogen-bond acceptors (Lipinski definition) is 6. The van der Waals surface area contributed by atoms with Gasteiger partial charge in [0.2, 0.25) is 0 Å². The molecule has 0 saturated heterocycles. The number of carbonyl (C=O) groups is 1. The van der Waals surface area contributed by atoms with Crippen molar-refractivity contribution in [2.45, 2.75) is 17.2 Å². The number of ether oxygens (including phenoxy) is 1. The van der Waals surface area contributed by atoms with E-state index in [4.69, 9.17) is 11.6 Å². The van der Waals surface area contributed by atoms with E-state index in [-0.39, 0.29) is 10.8 Å². The number of likely N-dealkylation sites (N-methyl/N-ethyl adjacent to an activating group) is 1. The number of carbonyl (C=O) groups excluding carboxylic acids is 1. The maximum Gasteiger partial charge on any atom is 0.326 e. The third-order valence-electron chi connectivity index (χ3n) is 2.42. The second-order valence-corrected chi connectivity index (χ2v) is 7.32. The minimum atomic E-state index is -3.89. The fourth-order valence-electron chi connectivity index (χ4n) is 1.53. The molecule has 1 atom stereocenters. The zero-order valence-corrected chi connectivity index (χ0v) is 12.8. The molecule has 0 spiro atoms. The molecular formula is C10H14ClNO5S2. The summed E-state index contributed by atoms with van der Waals surface area (Å²) < 4.78 is 30.4. The Balaban J connectivity index is 3.18. The van der Waals surface area contributed by atoms with Gasteiger partial charge in [0, 0.05) is 6.54 Å². The van der Waals surface area contributed by atoms with Crippen LogP contribution in [0.2, 0.25) is 4.34 Å². The van der Waals surface area contributed by atoms with E-state index in [1.165, 1.54) is 12.1 Å². The highest BCUT2D eigenvalue weighted by Crippen LogP contribution is 2.29. The normalized spacial score (nSPS) is 13.5. The molecule has 1 N–H and O–H groups in total. The molecule has 0 amide bonds. The first kappa shape index (κ1) is 16.4. The predicted molar refractivity (Wildman–Crippen MR) is 71.8 cm³/mol. The summed E-state index contributed by atoms with van der Waals surface area (Å²) in [6.45, 7) is 0.940. The van der Waals surface area contributed by atoms with Gasteiger partial charge < -0.3 is 9.84 Å². The maximum atomic E-state index is 12.4. The number of thiophene rings is 1. The van der Waals surface area contributed by atoms with Crippen LogP contribution in [0.3, 0.4) is 0 Å². The van der Waals surface area contributed by atoms with E-state index < -0.39 is 28.6 Å². The Hall–Kier alpha value is -0.670. The summed E-state index contributed by atoms with van der Waals surface area (Å²) in [7, 11) is -2.76. The molecule has 9 heteroatoms. The van der Waals surface area contributed by atoms with E-state index in [2.05, 4.69) is 4.74 Å². The van der Waals surface area contributed by atoms with Crippen LogP contribution >= 0.6 is 22.9 Å². The topological polar surface area (TPSA) is 83.9 Å². The molecule has 0 aliphatic carbocycles. The fraction of sp³-hybridized carbons (Fsp3) is 0.500. The van der Waals surface area contributed by atoms with Crippen molar-refractivity contribution in [1.29, 1.82) is 0 Å². The van der Waals surface area contributed by atoms with Crippen LogP contribution in [0.4, 0.5) is 0 Å². The summed E-state index contributed by atoms with van der Waals surface area (Å²) in [5.41, 5.74) is 0. The van der Waals surface area contributed by atoms with Crippen molar-refractivity contribution >= 4 is 38.9 Å². The summed E-state index contributed by atoms with van der Waals surface area (Å²) in [5, 5.41) is 9.21. The standard InChI is InChI=1S/C10H14ClNO5S2/c1-3-12(7(6-13)10(14)17-2)19(15,16)9-5-4-8(11)18-9/h4-5,7,13H,3,6H2,1-2H3/t7-/m0/s1. The van der Waals surface area contributed by atoms with E-state index >= 15 is 0 Å². The van der Waals surface area contributed by atoms with Crippen molar-refractivity contribution in [3.63, 3.8) is 0 Å². The van der Waals surface area contributed by atoms with Gasteiger partial charge >= 0.3 is 5.97 Å². The van der Waals surface area contributed by atoms with Crippen LogP contribution in [0.25, 0.3) is 0 Å². The Morgan fingerprint density at radius 2 is 2.21 bits per heavy atom. The molecular weight excluding hydrogens is 314 g/mol.